The minimum atomic E-state index is -2.24. The number of carbonyl (C=O) groups excluding carboxylic acids is 1. The van der Waals surface area contributed by atoms with Crippen molar-refractivity contribution in [2.24, 2.45) is 0 Å². The zero-order chi connectivity index (χ0) is 42.8. The Hall–Kier alpha value is -4.35. The zero-order valence-electron chi connectivity index (χ0n) is 35.2. The van der Waals surface area contributed by atoms with E-state index in [0.29, 0.717) is 46.5 Å². The summed E-state index contributed by atoms with van der Waals surface area (Å²) in [5.74, 6) is -0.995. The van der Waals surface area contributed by atoms with Crippen molar-refractivity contribution in [1.29, 1.82) is 0 Å². The second-order valence-corrected chi connectivity index (χ2v) is 24.1. The summed E-state index contributed by atoms with van der Waals surface area (Å²) in [6.07, 6.45) is 3.32. The summed E-state index contributed by atoms with van der Waals surface area (Å²) >= 11 is 2.68. The first-order chi connectivity index (χ1) is 28.5. The molecule has 0 bridgehead atoms. The van der Waals surface area contributed by atoms with Gasteiger partial charge in [0, 0.05) is 37.1 Å². The number of fused-ring (bicyclic) bond motifs is 2. The number of nitrogens with one attached hydrogen (secondary N) is 2. The van der Waals surface area contributed by atoms with Crippen molar-refractivity contribution in [2.45, 2.75) is 108 Å². The fourth-order valence-electron chi connectivity index (χ4n) is 7.86. The van der Waals surface area contributed by atoms with Crippen LogP contribution in [0.2, 0.25) is 18.1 Å². The number of carbonyl (C=O) groups is 1. The standard InChI is InChI=1S/C45H56N4O8S2Si/c1-44(2,3)60(5,6)57-37(32-17-20-35(50)41-33(32)18-21-40(51)47-41)28-46-27-29-12-19-34-36(26-29)56-43(53)49(34)23-9-22-48(4)30-13-15-31(16-14-30)55-42(52)45(54,38-10-7-24-58-38)39-11-8-25-59-39/h7-8,10-12,17-21,24-26,30-31,37,46,50,54H,9,13-16,22-23,27-28H2,1-6H3,(H,47,51)/t30?,31?,37-/m1/s1. The van der Waals surface area contributed by atoms with Gasteiger partial charge in [-0.15, -0.1) is 22.7 Å². The van der Waals surface area contributed by atoms with Crippen molar-refractivity contribution in [3.8, 4) is 5.75 Å². The first-order valence-corrected chi connectivity index (χ1v) is 25.3. The predicted octanol–water partition coefficient (Wildman–Crippen LogP) is 8.23. The molecule has 1 atom stereocenters. The molecule has 2 aromatic carbocycles. The van der Waals surface area contributed by atoms with Crippen molar-refractivity contribution in [2.75, 3.05) is 20.1 Å². The molecular weight excluding hydrogens is 817 g/mol. The van der Waals surface area contributed by atoms with Gasteiger partial charge in [-0.25, -0.2) is 9.59 Å². The third kappa shape index (κ3) is 9.27. The number of aromatic hydroxyl groups is 1. The topological polar surface area (TPSA) is 159 Å². The van der Waals surface area contributed by atoms with Crippen molar-refractivity contribution < 1.29 is 28.6 Å². The Bertz CT molecular complexity index is 2480. The molecule has 0 saturated heterocycles. The number of phenolic OH excluding ortho intramolecular Hbond substituents is 1. The van der Waals surface area contributed by atoms with Crippen LogP contribution in [0.25, 0.3) is 22.0 Å². The number of nitrogens with zero attached hydrogens (tertiary/aromatic N) is 2. The van der Waals surface area contributed by atoms with E-state index in [-0.39, 0.29) is 34.3 Å². The lowest BCUT2D eigenvalue weighted by Gasteiger charge is -2.39. The Balaban J connectivity index is 0.930. The van der Waals surface area contributed by atoms with Gasteiger partial charge in [0.05, 0.1) is 26.9 Å². The van der Waals surface area contributed by atoms with Gasteiger partial charge in [-0.2, -0.15) is 0 Å². The molecule has 15 heteroatoms. The minimum Gasteiger partial charge on any atom is -0.506 e. The zero-order valence-corrected chi connectivity index (χ0v) is 37.8. The molecular formula is C45H56N4O8S2Si. The fraction of sp³-hybridized carbons (Fsp3) is 0.444. The number of oxazole rings is 1. The van der Waals surface area contributed by atoms with E-state index in [1.54, 1.807) is 28.8 Å². The van der Waals surface area contributed by atoms with Gasteiger partial charge in [0.25, 0.3) is 0 Å². The van der Waals surface area contributed by atoms with E-state index in [2.05, 4.69) is 56.1 Å². The van der Waals surface area contributed by atoms with Crippen LogP contribution < -0.4 is 16.6 Å². The fourth-order valence-corrected chi connectivity index (χ4v) is 10.8. The molecule has 1 fully saturated rings. The average molecular weight is 873 g/mol. The van der Waals surface area contributed by atoms with Crippen LogP contribution in [0.1, 0.15) is 79.9 Å². The van der Waals surface area contributed by atoms with Crippen molar-refractivity contribution in [3.05, 3.63) is 119 Å². The van der Waals surface area contributed by atoms with Crippen LogP contribution in [-0.2, 0) is 32.6 Å². The van der Waals surface area contributed by atoms with Crippen molar-refractivity contribution in [3.63, 3.8) is 0 Å². The largest absolute Gasteiger partial charge is 0.506 e. The van der Waals surface area contributed by atoms with Crippen LogP contribution >= 0.6 is 22.7 Å². The van der Waals surface area contributed by atoms with E-state index in [1.807, 2.05) is 47.2 Å². The van der Waals surface area contributed by atoms with E-state index in [1.165, 1.54) is 28.7 Å². The number of aromatic nitrogens is 2. The number of aliphatic hydroxyl groups is 1. The number of hydrogen-bond donors (Lipinski definition) is 4. The van der Waals surface area contributed by atoms with Crippen LogP contribution in [0.4, 0.5) is 0 Å². The first-order valence-electron chi connectivity index (χ1n) is 20.6. The molecule has 0 aliphatic heterocycles. The van der Waals surface area contributed by atoms with E-state index < -0.39 is 19.9 Å². The molecule has 4 heterocycles. The van der Waals surface area contributed by atoms with E-state index in [0.717, 1.165) is 60.7 Å². The van der Waals surface area contributed by atoms with Gasteiger partial charge in [0.15, 0.2) is 13.9 Å². The number of hydrogen-bond acceptors (Lipinski definition) is 12. The Morgan fingerprint density at radius 2 is 1.72 bits per heavy atom. The lowest BCUT2D eigenvalue weighted by Crippen LogP contribution is -2.43. The van der Waals surface area contributed by atoms with Gasteiger partial charge in [-0.1, -0.05) is 45.0 Å². The first kappa shape index (κ1) is 43.7. The van der Waals surface area contributed by atoms with Gasteiger partial charge in [0.2, 0.25) is 11.2 Å². The molecule has 12 nitrogen and oxygen atoms in total. The van der Waals surface area contributed by atoms with Crippen LogP contribution in [-0.4, -0.2) is 71.2 Å². The molecule has 1 aliphatic carbocycles. The number of pyridine rings is 1. The maximum Gasteiger partial charge on any atom is 0.419 e. The van der Waals surface area contributed by atoms with E-state index in [9.17, 15) is 24.6 Å². The van der Waals surface area contributed by atoms with Gasteiger partial charge in [-0.05, 0) is 122 Å². The van der Waals surface area contributed by atoms with Gasteiger partial charge in [0.1, 0.15) is 11.9 Å². The number of thiophene rings is 2. The molecule has 4 aromatic heterocycles. The number of phenols is 1. The summed E-state index contributed by atoms with van der Waals surface area (Å²) < 4.78 is 20.3. The molecule has 320 valence electrons. The highest BCUT2D eigenvalue weighted by atomic mass is 32.1. The number of benzene rings is 2. The molecule has 0 radical (unpaired) electrons. The van der Waals surface area contributed by atoms with Gasteiger partial charge >= 0.3 is 11.7 Å². The minimum absolute atomic E-state index is 0.00879. The highest BCUT2D eigenvalue weighted by Crippen LogP contribution is 2.42. The molecule has 0 unspecified atom stereocenters. The van der Waals surface area contributed by atoms with Crippen LogP contribution in [0.15, 0.2) is 91.5 Å². The summed E-state index contributed by atoms with van der Waals surface area (Å²) in [6.45, 7) is 13.3. The van der Waals surface area contributed by atoms with Gasteiger partial charge < -0.3 is 39.0 Å². The number of ether oxygens (including phenoxy) is 1. The second-order valence-electron chi connectivity index (χ2n) is 17.4. The van der Waals surface area contributed by atoms with E-state index in [4.69, 9.17) is 13.6 Å². The molecule has 0 spiro atoms. The Kier molecular flexibility index (Phi) is 13.1. The van der Waals surface area contributed by atoms with Crippen LogP contribution in [0.3, 0.4) is 0 Å². The van der Waals surface area contributed by atoms with Gasteiger partial charge in [-0.3, -0.25) is 9.36 Å². The molecule has 1 aliphatic rings. The molecule has 7 rings (SSSR count). The number of aryl methyl sites for hydroxylation is 1. The quantitative estimate of drug-likeness (QED) is 0.0552. The lowest BCUT2D eigenvalue weighted by molar-refractivity contribution is -0.169. The monoisotopic (exact) mass is 872 g/mol. The summed E-state index contributed by atoms with van der Waals surface area (Å²) in [6, 6.07) is 20.0. The Morgan fingerprint density at radius 3 is 2.37 bits per heavy atom. The highest BCUT2D eigenvalue weighted by molar-refractivity contribution is 7.12. The Morgan fingerprint density at radius 1 is 1.02 bits per heavy atom. The highest BCUT2D eigenvalue weighted by Gasteiger charge is 2.45. The van der Waals surface area contributed by atoms with Crippen LogP contribution in [0.5, 0.6) is 5.75 Å². The summed E-state index contributed by atoms with van der Waals surface area (Å²) in [7, 11) is -0.141. The van der Waals surface area contributed by atoms with E-state index >= 15 is 0 Å². The summed E-state index contributed by atoms with van der Waals surface area (Å²) in [4.78, 5) is 44.8. The maximum absolute atomic E-state index is 13.5. The maximum atomic E-state index is 13.5. The van der Waals surface area contributed by atoms with Crippen molar-refractivity contribution >= 4 is 59.0 Å². The number of H-pyrrole nitrogens is 1. The van der Waals surface area contributed by atoms with Crippen LogP contribution in [0, 0.1) is 0 Å². The third-order valence-electron chi connectivity index (χ3n) is 12.4. The third-order valence-corrected chi connectivity index (χ3v) is 18.8. The van der Waals surface area contributed by atoms with Crippen molar-refractivity contribution in [1.82, 2.24) is 19.8 Å². The smallest absolute Gasteiger partial charge is 0.419 e. The molecule has 4 N–H and O–H groups in total. The number of rotatable bonds is 16. The lowest BCUT2D eigenvalue weighted by atomic mass is 9.91. The molecule has 6 aromatic rings. The SMILES string of the molecule is CN(CCCn1c(=O)oc2cc(CNC[C@@H](O[Si](C)(C)C(C)(C)C)c3ccc(O)c4[nH]c(=O)ccc34)ccc21)C1CCC(OC(=O)C(O)(c2cccs2)c2cccs2)CC1. The predicted molar refractivity (Wildman–Crippen MR) is 240 cm³/mol. The molecule has 0 amide bonds. The average Bonchev–Trinajstić information content (AvgIpc) is 4.01. The summed E-state index contributed by atoms with van der Waals surface area (Å²) in [5, 5.41) is 30.1. The summed E-state index contributed by atoms with van der Waals surface area (Å²) in [5.41, 5.74) is 1.42. The second kappa shape index (κ2) is 17.9. The molecule has 60 heavy (non-hydrogen) atoms. The normalized spacial score (nSPS) is 17.1. The number of aromatic amines is 1. The number of esters is 1. The molecule has 1 saturated carbocycles. The Labute approximate surface area is 358 Å².